The van der Waals surface area contributed by atoms with Crippen molar-refractivity contribution in [2.24, 2.45) is 17.3 Å². The zero-order chi connectivity index (χ0) is 28.3. The summed E-state index contributed by atoms with van der Waals surface area (Å²) in [7, 11) is 0. The zero-order valence-corrected chi connectivity index (χ0v) is 24.2. The molecule has 3 fully saturated rings. The number of piperidine rings is 1. The van der Waals surface area contributed by atoms with Gasteiger partial charge in [0.2, 0.25) is 12.3 Å². The quantitative estimate of drug-likeness (QED) is 0.344. The standard InChI is InChI=1S/C30H42F2N4O3S/c1-20-18-24(36-27(37)19-33-29(36)39)8-7-22(20)11-17-40-35-15-13-30(14-16-35)12-10-25(34-28(30)38)23-5-2-21(3-6-23)4-9-26(31)32/h7-8,10,18,21,23,26-27,37H,2-6,9,11-17,19H2,1H3,(H,33,39)(H,34,38). The number of carbonyl (C=O) groups excluding carboxylic acids is 2. The average Bonchev–Trinajstić information content (AvgIpc) is 3.29. The second kappa shape index (κ2) is 12.8. The molecule has 4 aliphatic rings. The SMILES string of the molecule is Cc1cc(N2C(=O)NCC2O)ccc1CCSN1CCC2(CC=C(C3CCC(CCC(F)F)CC3)NC2=O)CC1. The minimum atomic E-state index is -2.20. The Hall–Kier alpha value is -2.17. The van der Waals surface area contributed by atoms with Crippen molar-refractivity contribution in [2.45, 2.75) is 83.8 Å². The lowest BCUT2D eigenvalue weighted by atomic mass is 9.71. The van der Waals surface area contributed by atoms with Crippen molar-refractivity contribution in [2.75, 3.05) is 30.3 Å². The maximum atomic E-state index is 13.3. The Morgan fingerprint density at radius 3 is 2.52 bits per heavy atom. The molecule has 2 saturated heterocycles. The fourth-order valence-corrected chi connectivity index (χ4v) is 7.76. The Kier molecular flexibility index (Phi) is 9.37. The van der Waals surface area contributed by atoms with Crippen LogP contribution in [0, 0.1) is 24.2 Å². The van der Waals surface area contributed by atoms with E-state index < -0.39 is 12.7 Å². The van der Waals surface area contributed by atoms with Crippen LogP contribution in [0.5, 0.6) is 0 Å². The van der Waals surface area contributed by atoms with E-state index in [2.05, 4.69) is 21.0 Å². The third-order valence-electron chi connectivity index (χ3n) is 9.41. The molecule has 1 atom stereocenters. The number of halogens is 2. The minimum Gasteiger partial charge on any atom is -0.371 e. The van der Waals surface area contributed by atoms with E-state index in [1.165, 1.54) is 10.5 Å². The van der Waals surface area contributed by atoms with Crippen molar-refractivity contribution < 1.29 is 23.5 Å². The molecular weight excluding hydrogens is 534 g/mol. The predicted molar refractivity (Wildman–Crippen MR) is 154 cm³/mol. The normalized spacial score (nSPS) is 27.2. The summed E-state index contributed by atoms with van der Waals surface area (Å²) in [4.78, 5) is 26.7. The molecule has 1 aromatic carbocycles. The largest absolute Gasteiger partial charge is 0.371 e. The molecule has 1 saturated carbocycles. The summed E-state index contributed by atoms with van der Waals surface area (Å²) in [6, 6.07) is 5.62. The van der Waals surface area contributed by atoms with Crippen LogP contribution in [-0.2, 0) is 11.2 Å². The van der Waals surface area contributed by atoms with Crippen LogP contribution in [0.1, 0.15) is 68.9 Å². The number of aliphatic hydroxyl groups excluding tert-OH is 1. The summed E-state index contributed by atoms with van der Waals surface area (Å²) in [5, 5.41) is 16.0. The number of nitrogens with zero attached hydrogens (tertiary/aromatic N) is 2. The van der Waals surface area contributed by atoms with E-state index in [4.69, 9.17) is 0 Å². The van der Waals surface area contributed by atoms with Crippen molar-refractivity contribution in [1.82, 2.24) is 14.9 Å². The first-order valence-corrected chi connectivity index (χ1v) is 15.7. The highest BCUT2D eigenvalue weighted by molar-refractivity contribution is 7.97. The fraction of sp³-hybridized carbons (Fsp3) is 0.667. The van der Waals surface area contributed by atoms with Gasteiger partial charge in [0.1, 0.15) is 0 Å². The first-order valence-electron chi connectivity index (χ1n) is 14.8. The van der Waals surface area contributed by atoms with Crippen molar-refractivity contribution in [3.63, 3.8) is 0 Å². The Balaban J connectivity index is 1.05. The van der Waals surface area contributed by atoms with Crippen LogP contribution < -0.4 is 15.5 Å². The number of β-amino-alcohol motifs (C(OH)–C–C–N with tert-alkyl or cyclic N) is 1. The van der Waals surface area contributed by atoms with Crippen molar-refractivity contribution >= 4 is 29.6 Å². The molecule has 7 nitrogen and oxygen atoms in total. The van der Waals surface area contributed by atoms with Gasteiger partial charge in [0.15, 0.2) is 6.23 Å². The van der Waals surface area contributed by atoms with Gasteiger partial charge in [0.05, 0.1) is 12.0 Å². The molecule has 1 unspecified atom stereocenters. The molecule has 5 rings (SSSR count). The van der Waals surface area contributed by atoms with E-state index in [0.717, 1.165) is 81.5 Å². The summed E-state index contributed by atoms with van der Waals surface area (Å²) in [5.41, 5.74) is 3.80. The number of aryl methyl sites for hydroxylation is 2. The molecular formula is C30H42F2N4O3S. The minimum absolute atomic E-state index is 0.00518. The molecule has 0 aromatic heterocycles. The Morgan fingerprint density at radius 2 is 1.90 bits per heavy atom. The summed E-state index contributed by atoms with van der Waals surface area (Å²) < 4.78 is 27.5. The van der Waals surface area contributed by atoms with E-state index in [0.29, 0.717) is 23.9 Å². The van der Waals surface area contributed by atoms with Gasteiger partial charge in [0, 0.05) is 36.6 Å². The summed E-state index contributed by atoms with van der Waals surface area (Å²) in [6.07, 6.45) is 7.16. The second-order valence-electron chi connectivity index (χ2n) is 11.9. The van der Waals surface area contributed by atoms with Crippen LogP contribution in [-0.4, -0.2) is 59.4 Å². The third-order valence-corrected chi connectivity index (χ3v) is 10.5. The highest BCUT2D eigenvalue weighted by Gasteiger charge is 2.43. The number of nitrogens with one attached hydrogen (secondary N) is 2. The van der Waals surface area contributed by atoms with Gasteiger partial charge >= 0.3 is 6.03 Å². The predicted octanol–water partition coefficient (Wildman–Crippen LogP) is 5.37. The number of allylic oxidation sites excluding steroid dienone is 2. The molecule has 0 radical (unpaired) electrons. The third kappa shape index (κ3) is 6.65. The van der Waals surface area contributed by atoms with Gasteiger partial charge in [0.25, 0.3) is 0 Å². The molecule has 3 heterocycles. The molecule has 220 valence electrons. The number of amides is 3. The number of hydrogen-bond donors (Lipinski definition) is 3. The van der Waals surface area contributed by atoms with Gasteiger partial charge in [-0.1, -0.05) is 24.1 Å². The maximum absolute atomic E-state index is 13.3. The molecule has 10 heteroatoms. The van der Waals surface area contributed by atoms with Crippen LogP contribution in [0.25, 0.3) is 0 Å². The van der Waals surface area contributed by atoms with Crippen molar-refractivity contribution in [3.8, 4) is 0 Å². The average molecular weight is 577 g/mol. The lowest BCUT2D eigenvalue weighted by Crippen LogP contribution is -2.50. The maximum Gasteiger partial charge on any atom is 0.324 e. The topological polar surface area (TPSA) is 84.9 Å². The number of carbonyl (C=O) groups is 2. The van der Waals surface area contributed by atoms with Crippen LogP contribution >= 0.6 is 11.9 Å². The highest BCUT2D eigenvalue weighted by atomic mass is 32.2. The fourth-order valence-electron chi connectivity index (χ4n) is 6.75. The molecule has 1 aliphatic carbocycles. The molecule has 3 aliphatic heterocycles. The van der Waals surface area contributed by atoms with Crippen LogP contribution in [0.3, 0.4) is 0 Å². The lowest BCUT2D eigenvalue weighted by Gasteiger charge is -2.43. The van der Waals surface area contributed by atoms with Crippen LogP contribution in [0.15, 0.2) is 30.0 Å². The lowest BCUT2D eigenvalue weighted by molar-refractivity contribution is -0.133. The molecule has 40 heavy (non-hydrogen) atoms. The number of rotatable bonds is 9. The zero-order valence-electron chi connectivity index (χ0n) is 23.3. The number of urea groups is 1. The van der Waals surface area contributed by atoms with E-state index in [1.807, 2.05) is 37.1 Å². The number of anilines is 1. The van der Waals surface area contributed by atoms with E-state index >= 15 is 0 Å². The molecule has 3 N–H and O–H groups in total. The smallest absolute Gasteiger partial charge is 0.324 e. The van der Waals surface area contributed by atoms with E-state index in [9.17, 15) is 23.5 Å². The van der Waals surface area contributed by atoms with Gasteiger partial charge < -0.3 is 15.7 Å². The number of hydrogen-bond acceptors (Lipinski definition) is 5. The second-order valence-corrected chi connectivity index (χ2v) is 13.1. The van der Waals surface area contributed by atoms with Gasteiger partial charge in [-0.15, -0.1) is 0 Å². The van der Waals surface area contributed by atoms with Gasteiger partial charge in [-0.05, 0) is 99.8 Å². The first kappa shape index (κ1) is 29.3. The number of alkyl halides is 2. The number of benzene rings is 1. The van der Waals surface area contributed by atoms with Crippen LogP contribution in [0.4, 0.5) is 19.3 Å². The van der Waals surface area contributed by atoms with Gasteiger partial charge in [-0.3, -0.25) is 14.0 Å². The summed E-state index contributed by atoms with van der Waals surface area (Å²) in [5.74, 6) is 1.86. The van der Waals surface area contributed by atoms with Gasteiger partial charge in [-0.2, -0.15) is 0 Å². The first-order chi connectivity index (χ1) is 19.2. The molecule has 0 bridgehead atoms. The Bertz CT molecular complexity index is 1100. The molecule has 1 spiro atoms. The molecule has 1 aromatic rings. The van der Waals surface area contributed by atoms with E-state index in [-0.39, 0.29) is 30.3 Å². The Morgan fingerprint density at radius 1 is 1.15 bits per heavy atom. The number of aliphatic hydroxyl groups is 1. The summed E-state index contributed by atoms with van der Waals surface area (Å²) in [6.45, 7) is 4.05. The van der Waals surface area contributed by atoms with Crippen molar-refractivity contribution in [1.29, 1.82) is 0 Å². The highest BCUT2D eigenvalue weighted by Crippen LogP contribution is 2.43. The van der Waals surface area contributed by atoms with Crippen LogP contribution in [0.2, 0.25) is 0 Å². The summed E-state index contributed by atoms with van der Waals surface area (Å²) >= 11 is 1.83. The van der Waals surface area contributed by atoms with Gasteiger partial charge in [-0.25, -0.2) is 13.6 Å². The molecule has 3 amide bonds. The van der Waals surface area contributed by atoms with Crippen molar-refractivity contribution in [3.05, 3.63) is 41.1 Å². The van der Waals surface area contributed by atoms with E-state index in [1.54, 1.807) is 0 Å². The monoisotopic (exact) mass is 576 g/mol. The Labute approximate surface area is 240 Å².